The van der Waals surface area contributed by atoms with E-state index in [1.165, 1.54) is 18.2 Å². The van der Waals surface area contributed by atoms with Gasteiger partial charge in [0.1, 0.15) is 6.04 Å². The SMILES string of the molecule is CCCCOC(=O)OCC(C)C(c1ccc(OC(=O)OCCC(C)C)c(OC(=O)OCCC(C)C)c1)[C@H](N)C(=O)O. The summed E-state index contributed by atoms with van der Waals surface area (Å²) in [6.45, 7) is 11.8. The number of hydrogen-bond donors (Lipinski definition) is 2. The topological polar surface area (TPSA) is 170 Å². The van der Waals surface area contributed by atoms with E-state index in [1.54, 1.807) is 6.92 Å². The Morgan fingerprint density at radius 1 is 0.780 bits per heavy atom. The zero-order chi connectivity index (χ0) is 30.9. The van der Waals surface area contributed by atoms with Crippen LogP contribution in [-0.2, 0) is 23.7 Å². The Labute approximate surface area is 241 Å². The van der Waals surface area contributed by atoms with Gasteiger partial charge in [0.15, 0.2) is 11.5 Å². The minimum atomic E-state index is -1.41. The molecule has 2 unspecified atom stereocenters. The minimum absolute atomic E-state index is 0.110. The number of hydrogen-bond acceptors (Lipinski definition) is 11. The van der Waals surface area contributed by atoms with Crippen LogP contribution in [0.15, 0.2) is 18.2 Å². The second-order valence-corrected chi connectivity index (χ2v) is 10.6. The highest BCUT2D eigenvalue weighted by Gasteiger charge is 2.33. The average molecular weight is 584 g/mol. The van der Waals surface area contributed by atoms with Gasteiger partial charge in [-0.05, 0) is 54.7 Å². The van der Waals surface area contributed by atoms with Gasteiger partial charge >= 0.3 is 24.4 Å². The smallest absolute Gasteiger partial charge is 0.480 e. The number of rotatable bonds is 17. The zero-order valence-corrected chi connectivity index (χ0v) is 24.9. The number of carboxylic acid groups (broad SMARTS) is 1. The minimum Gasteiger partial charge on any atom is -0.480 e. The van der Waals surface area contributed by atoms with E-state index in [2.05, 4.69) is 0 Å². The number of carboxylic acids is 1. The molecular formula is C29H45NO11. The Bertz CT molecular complexity index is 980. The maximum Gasteiger partial charge on any atom is 0.513 e. The Kier molecular flexibility index (Phi) is 16.2. The van der Waals surface area contributed by atoms with Crippen LogP contribution in [0.25, 0.3) is 0 Å². The maximum absolute atomic E-state index is 12.4. The van der Waals surface area contributed by atoms with E-state index in [0.717, 1.165) is 6.42 Å². The van der Waals surface area contributed by atoms with E-state index in [1.807, 2.05) is 34.6 Å². The molecule has 0 bridgehead atoms. The summed E-state index contributed by atoms with van der Waals surface area (Å²) in [4.78, 5) is 48.5. The summed E-state index contributed by atoms with van der Waals surface area (Å²) >= 11 is 0. The first kappa shape index (κ1) is 35.5. The third kappa shape index (κ3) is 14.1. The normalized spacial score (nSPS) is 13.2. The van der Waals surface area contributed by atoms with Crippen molar-refractivity contribution in [3.05, 3.63) is 23.8 Å². The molecule has 232 valence electrons. The summed E-state index contributed by atoms with van der Waals surface area (Å²) in [5.74, 6) is -2.54. The van der Waals surface area contributed by atoms with E-state index in [-0.39, 0.29) is 43.8 Å². The van der Waals surface area contributed by atoms with E-state index >= 15 is 0 Å². The lowest BCUT2D eigenvalue weighted by Crippen LogP contribution is -2.40. The predicted octanol–water partition coefficient (Wildman–Crippen LogP) is 5.89. The Morgan fingerprint density at radius 3 is 1.83 bits per heavy atom. The van der Waals surface area contributed by atoms with Gasteiger partial charge in [-0.25, -0.2) is 14.4 Å². The molecule has 12 nitrogen and oxygen atoms in total. The van der Waals surface area contributed by atoms with Crippen LogP contribution in [0.3, 0.4) is 0 Å². The van der Waals surface area contributed by atoms with E-state index in [9.17, 15) is 24.3 Å². The molecule has 3 atom stereocenters. The molecule has 41 heavy (non-hydrogen) atoms. The number of carbonyl (C=O) groups excluding carboxylic acids is 3. The molecule has 0 aromatic heterocycles. The fourth-order valence-corrected chi connectivity index (χ4v) is 3.58. The fraction of sp³-hybridized carbons (Fsp3) is 0.655. The number of unbranched alkanes of at least 4 members (excludes halogenated alkanes) is 1. The molecule has 3 N–H and O–H groups in total. The van der Waals surface area contributed by atoms with Crippen LogP contribution in [0.4, 0.5) is 14.4 Å². The van der Waals surface area contributed by atoms with Crippen LogP contribution in [0, 0.1) is 17.8 Å². The molecule has 0 aliphatic rings. The number of nitrogens with two attached hydrogens (primary N) is 1. The average Bonchev–Trinajstić information content (AvgIpc) is 2.88. The molecule has 0 saturated heterocycles. The number of aliphatic carboxylic acids is 1. The van der Waals surface area contributed by atoms with Crippen LogP contribution in [0.1, 0.15) is 78.7 Å². The zero-order valence-electron chi connectivity index (χ0n) is 24.9. The van der Waals surface area contributed by atoms with Crippen LogP contribution >= 0.6 is 0 Å². The molecule has 0 fully saturated rings. The number of benzene rings is 1. The van der Waals surface area contributed by atoms with Gasteiger partial charge in [0, 0.05) is 5.92 Å². The van der Waals surface area contributed by atoms with Crippen molar-refractivity contribution in [1.82, 2.24) is 0 Å². The lowest BCUT2D eigenvalue weighted by molar-refractivity contribution is -0.139. The second-order valence-electron chi connectivity index (χ2n) is 10.6. The maximum atomic E-state index is 12.4. The molecule has 1 aromatic carbocycles. The second kappa shape index (κ2) is 18.7. The predicted molar refractivity (Wildman–Crippen MR) is 149 cm³/mol. The van der Waals surface area contributed by atoms with Gasteiger partial charge in [0.25, 0.3) is 0 Å². The largest absolute Gasteiger partial charge is 0.513 e. The standard InChI is InChI=1S/C29H45NO11/c1-7-8-13-36-27(33)39-17-20(6)24(25(30)26(31)32)21-9-10-22(40-28(34)37-14-11-18(2)3)23(16-21)41-29(35)38-15-12-19(4)5/h9-10,16,18-20,24-25H,7-8,11-15,17,30H2,1-6H3,(H,31,32)/t20?,24?,25-/m0/s1. The summed E-state index contributed by atoms with van der Waals surface area (Å²) in [5.41, 5.74) is 6.37. The van der Waals surface area contributed by atoms with E-state index < -0.39 is 42.3 Å². The quantitative estimate of drug-likeness (QED) is 0.0965. The molecule has 0 saturated carbocycles. The Balaban J connectivity index is 3.23. The van der Waals surface area contributed by atoms with Crippen molar-refractivity contribution in [2.24, 2.45) is 23.5 Å². The molecule has 0 aliphatic carbocycles. The van der Waals surface area contributed by atoms with Gasteiger partial charge in [-0.15, -0.1) is 0 Å². The van der Waals surface area contributed by atoms with Gasteiger partial charge in [-0.2, -0.15) is 0 Å². The molecule has 0 heterocycles. The van der Waals surface area contributed by atoms with Gasteiger partial charge in [-0.1, -0.05) is 54.0 Å². The lowest BCUT2D eigenvalue weighted by atomic mass is 9.82. The molecule has 1 rings (SSSR count). The highest BCUT2D eigenvalue weighted by atomic mass is 16.7. The van der Waals surface area contributed by atoms with Crippen LogP contribution in [0.5, 0.6) is 11.5 Å². The molecule has 0 amide bonds. The van der Waals surface area contributed by atoms with Crippen LogP contribution in [0.2, 0.25) is 0 Å². The summed E-state index contributed by atoms with van der Waals surface area (Å²) < 4.78 is 31.0. The fourth-order valence-electron chi connectivity index (χ4n) is 3.58. The van der Waals surface area contributed by atoms with Gasteiger partial charge in [-0.3, -0.25) is 4.79 Å². The number of ether oxygens (including phenoxy) is 6. The molecule has 0 radical (unpaired) electrons. The Hall–Kier alpha value is -3.54. The monoisotopic (exact) mass is 583 g/mol. The first-order chi connectivity index (χ1) is 19.3. The van der Waals surface area contributed by atoms with Crippen molar-refractivity contribution in [3.63, 3.8) is 0 Å². The van der Waals surface area contributed by atoms with Crippen molar-refractivity contribution >= 4 is 24.4 Å². The summed E-state index contributed by atoms with van der Waals surface area (Å²) in [6.07, 6.45) is -0.163. The third-order valence-electron chi connectivity index (χ3n) is 6.04. The first-order valence-corrected chi connectivity index (χ1v) is 14.0. The lowest BCUT2D eigenvalue weighted by Gasteiger charge is -2.27. The molecular weight excluding hydrogens is 538 g/mol. The van der Waals surface area contributed by atoms with Crippen molar-refractivity contribution in [2.75, 3.05) is 26.4 Å². The van der Waals surface area contributed by atoms with Gasteiger partial charge < -0.3 is 39.3 Å². The molecule has 0 spiro atoms. The summed E-state index contributed by atoms with van der Waals surface area (Å²) in [6, 6.07) is 2.74. The molecule has 0 aliphatic heterocycles. The van der Waals surface area contributed by atoms with E-state index in [4.69, 9.17) is 34.2 Å². The van der Waals surface area contributed by atoms with E-state index in [0.29, 0.717) is 30.7 Å². The number of carbonyl (C=O) groups is 4. The highest BCUT2D eigenvalue weighted by molar-refractivity contribution is 5.75. The summed E-state index contributed by atoms with van der Waals surface area (Å²) in [7, 11) is 0. The van der Waals surface area contributed by atoms with Crippen molar-refractivity contribution in [1.29, 1.82) is 0 Å². The van der Waals surface area contributed by atoms with Crippen molar-refractivity contribution in [2.45, 2.75) is 79.2 Å². The van der Waals surface area contributed by atoms with Crippen molar-refractivity contribution in [3.8, 4) is 11.5 Å². The van der Waals surface area contributed by atoms with Gasteiger partial charge in [0.05, 0.1) is 26.4 Å². The van der Waals surface area contributed by atoms with Gasteiger partial charge in [0.2, 0.25) is 0 Å². The highest BCUT2D eigenvalue weighted by Crippen LogP contribution is 2.36. The van der Waals surface area contributed by atoms with Crippen molar-refractivity contribution < 1.29 is 52.7 Å². The van der Waals surface area contributed by atoms with Crippen LogP contribution in [-0.4, -0.2) is 62.0 Å². The van der Waals surface area contributed by atoms with Crippen LogP contribution < -0.4 is 15.2 Å². The first-order valence-electron chi connectivity index (χ1n) is 14.0. The molecule has 12 heteroatoms. The third-order valence-corrected chi connectivity index (χ3v) is 6.04. The molecule has 1 aromatic rings. The summed E-state index contributed by atoms with van der Waals surface area (Å²) in [5, 5.41) is 9.69. The Morgan fingerprint density at radius 2 is 1.32 bits per heavy atom.